The second-order valence-electron chi connectivity index (χ2n) is 8.11. The first-order chi connectivity index (χ1) is 13.1. The van der Waals surface area contributed by atoms with E-state index in [1.165, 1.54) is 31.2 Å². The maximum Gasteiger partial charge on any atom is 0.338 e. The van der Waals surface area contributed by atoms with Gasteiger partial charge in [0.05, 0.1) is 17.0 Å². The van der Waals surface area contributed by atoms with Gasteiger partial charge in [-0.1, -0.05) is 64.5 Å². The van der Waals surface area contributed by atoms with Crippen LogP contribution in [0, 0.1) is 16.7 Å². The molecule has 0 saturated heterocycles. The van der Waals surface area contributed by atoms with Crippen molar-refractivity contribution in [1.29, 1.82) is 5.26 Å². The van der Waals surface area contributed by atoms with Crippen molar-refractivity contribution in [2.24, 2.45) is 5.41 Å². The lowest BCUT2D eigenvalue weighted by Crippen LogP contribution is -2.31. The van der Waals surface area contributed by atoms with Crippen molar-refractivity contribution in [3.05, 3.63) is 35.4 Å². The van der Waals surface area contributed by atoms with Gasteiger partial charge in [0.2, 0.25) is 0 Å². The third-order valence-electron chi connectivity index (χ3n) is 5.89. The number of carbonyl (C=O) groups is 1. The quantitative estimate of drug-likeness (QED) is 0.344. The highest BCUT2D eigenvalue weighted by atomic mass is 16.5. The molecule has 0 bridgehead atoms. The van der Waals surface area contributed by atoms with Gasteiger partial charge in [-0.15, -0.1) is 0 Å². The van der Waals surface area contributed by atoms with E-state index in [1.54, 1.807) is 0 Å². The standard InChI is InChI=1S/C24H35NO2/c1-3-5-6-7-8-16-24(19-25)17-14-22(15-18-24)27-23(26)21-12-10-20(9-4-2)11-13-21/h10-13,22H,3-9,14-18H2,1-2H3. The molecule has 3 heteroatoms. The summed E-state index contributed by atoms with van der Waals surface area (Å²) in [4.78, 5) is 12.4. The lowest BCUT2D eigenvalue weighted by atomic mass is 9.71. The maximum absolute atomic E-state index is 12.4. The fraction of sp³-hybridized carbons (Fsp3) is 0.667. The number of nitriles is 1. The molecule has 0 amide bonds. The monoisotopic (exact) mass is 369 g/mol. The molecule has 0 spiro atoms. The van der Waals surface area contributed by atoms with Gasteiger partial charge in [-0.25, -0.2) is 4.79 Å². The highest BCUT2D eigenvalue weighted by Gasteiger charge is 2.36. The number of ether oxygens (including phenoxy) is 1. The highest BCUT2D eigenvalue weighted by Crippen LogP contribution is 2.41. The average molecular weight is 370 g/mol. The van der Waals surface area contributed by atoms with E-state index in [2.05, 4.69) is 19.9 Å². The molecule has 0 aromatic heterocycles. The van der Waals surface area contributed by atoms with Crippen LogP contribution in [-0.4, -0.2) is 12.1 Å². The minimum atomic E-state index is -0.230. The summed E-state index contributed by atoms with van der Waals surface area (Å²) in [6, 6.07) is 10.4. The number of aryl methyl sites for hydroxylation is 1. The van der Waals surface area contributed by atoms with Gasteiger partial charge in [-0.05, 0) is 56.2 Å². The van der Waals surface area contributed by atoms with Gasteiger partial charge < -0.3 is 4.74 Å². The van der Waals surface area contributed by atoms with Crippen molar-refractivity contribution < 1.29 is 9.53 Å². The number of rotatable bonds is 10. The van der Waals surface area contributed by atoms with Gasteiger partial charge in [0, 0.05) is 0 Å². The van der Waals surface area contributed by atoms with Crippen LogP contribution in [0.1, 0.15) is 100 Å². The minimum absolute atomic E-state index is 0.0469. The predicted octanol–water partition coefficient (Wildman–Crippen LogP) is 6.61. The summed E-state index contributed by atoms with van der Waals surface area (Å²) in [7, 11) is 0. The molecule has 0 heterocycles. The number of carbonyl (C=O) groups excluding carboxylic acids is 1. The molecule has 1 aromatic rings. The minimum Gasteiger partial charge on any atom is -0.459 e. The molecule has 1 aliphatic rings. The second-order valence-corrected chi connectivity index (χ2v) is 8.11. The van der Waals surface area contributed by atoms with E-state index in [0.717, 1.165) is 51.4 Å². The van der Waals surface area contributed by atoms with Crippen LogP contribution in [0.4, 0.5) is 0 Å². The first kappa shape index (κ1) is 21.5. The van der Waals surface area contributed by atoms with Crippen LogP contribution in [-0.2, 0) is 11.2 Å². The zero-order chi connectivity index (χ0) is 19.5. The molecule has 1 aliphatic carbocycles. The summed E-state index contributed by atoms with van der Waals surface area (Å²) in [5.74, 6) is -0.230. The SMILES string of the molecule is CCCCCCCC1(C#N)CCC(OC(=O)c2ccc(CCC)cc2)CC1. The van der Waals surface area contributed by atoms with Crippen molar-refractivity contribution in [1.82, 2.24) is 0 Å². The third kappa shape index (κ3) is 6.69. The number of esters is 1. The Labute approximate surface area is 165 Å². The van der Waals surface area contributed by atoms with E-state index < -0.39 is 0 Å². The Hall–Kier alpha value is -1.82. The highest BCUT2D eigenvalue weighted by molar-refractivity contribution is 5.89. The Morgan fingerprint density at radius 2 is 1.74 bits per heavy atom. The molecule has 1 fully saturated rings. The molecule has 0 unspecified atom stereocenters. The van der Waals surface area contributed by atoms with Crippen LogP contribution in [0.25, 0.3) is 0 Å². The van der Waals surface area contributed by atoms with Crippen LogP contribution < -0.4 is 0 Å². The summed E-state index contributed by atoms with van der Waals surface area (Å²) in [6.07, 6.45) is 12.6. The van der Waals surface area contributed by atoms with E-state index >= 15 is 0 Å². The van der Waals surface area contributed by atoms with E-state index in [-0.39, 0.29) is 17.5 Å². The fourth-order valence-electron chi connectivity index (χ4n) is 4.06. The van der Waals surface area contributed by atoms with E-state index in [9.17, 15) is 10.1 Å². The molecule has 0 N–H and O–H groups in total. The smallest absolute Gasteiger partial charge is 0.338 e. The summed E-state index contributed by atoms with van der Waals surface area (Å²) >= 11 is 0. The predicted molar refractivity (Wildman–Crippen MR) is 110 cm³/mol. The number of hydrogen-bond acceptors (Lipinski definition) is 3. The summed E-state index contributed by atoms with van der Waals surface area (Å²) < 4.78 is 5.72. The van der Waals surface area contributed by atoms with Crippen LogP contribution in [0.5, 0.6) is 0 Å². The third-order valence-corrected chi connectivity index (χ3v) is 5.89. The lowest BCUT2D eigenvalue weighted by Gasteiger charge is -2.34. The fourth-order valence-corrected chi connectivity index (χ4v) is 4.06. The molecule has 148 valence electrons. The molecule has 0 atom stereocenters. The van der Waals surface area contributed by atoms with Crippen LogP contribution in [0.2, 0.25) is 0 Å². The topological polar surface area (TPSA) is 50.1 Å². The van der Waals surface area contributed by atoms with Gasteiger partial charge in [0.1, 0.15) is 6.10 Å². The number of unbranched alkanes of at least 4 members (excludes halogenated alkanes) is 4. The zero-order valence-corrected chi connectivity index (χ0v) is 17.1. The Balaban J connectivity index is 1.78. The normalized spacial score (nSPS) is 22.2. The molecule has 0 radical (unpaired) electrons. The first-order valence-corrected chi connectivity index (χ1v) is 10.8. The number of hydrogen-bond donors (Lipinski definition) is 0. The van der Waals surface area contributed by atoms with E-state index in [0.29, 0.717) is 5.56 Å². The van der Waals surface area contributed by atoms with Crippen molar-refractivity contribution >= 4 is 5.97 Å². The van der Waals surface area contributed by atoms with E-state index in [1.807, 2.05) is 24.3 Å². The summed E-state index contributed by atoms with van der Waals surface area (Å²) in [5, 5.41) is 9.70. The molecule has 3 nitrogen and oxygen atoms in total. The molecule has 2 rings (SSSR count). The van der Waals surface area contributed by atoms with Gasteiger partial charge >= 0.3 is 5.97 Å². The zero-order valence-electron chi connectivity index (χ0n) is 17.1. The van der Waals surface area contributed by atoms with Gasteiger partial charge in [0.15, 0.2) is 0 Å². The Morgan fingerprint density at radius 3 is 2.33 bits per heavy atom. The van der Waals surface area contributed by atoms with Gasteiger partial charge in [-0.2, -0.15) is 5.26 Å². The van der Waals surface area contributed by atoms with E-state index in [4.69, 9.17) is 4.74 Å². The lowest BCUT2D eigenvalue weighted by molar-refractivity contribution is 0.0105. The molecule has 0 aliphatic heterocycles. The molecule has 1 aromatic carbocycles. The molecule has 1 saturated carbocycles. The Morgan fingerprint density at radius 1 is 1.07 bits per heavy atom. The maximum atomic E-state index is 12.4. The van der Waals surface area contributed by atoms with Crippen molar-refractivity contribution in [3.63, 3.8) is 0 Å². The van der Waals surface area contributed by atoms with Crippen molar-refractivity contribution in [3.8, 4) is 6.07 Å². The van der Waals surface area contributed by atoms with Crippen LogP contribution in [0.15, 0.2) is 24.3 Å². The summed E-state index contributed by atoms with van der Waals surface area (Å²) in [6.45, 7) is 4.37. The Kier molecular flexibility index (Phi) is 8.85. The van der Waals surface area contributed by atoms with Crippen molar-refractivity contribution in [2.75, 3.05) is 0 Å². The molecular weight excluding hydrogens is 334 g/mol. The van der Waals surface area contributed by atoms with Crippen molar-refractivity contribution in [2.45, 2.75) is 97.0 Å². The molecule has 27 heavy (non-hydrogen) atoms. The largest absolute Gasteiger partial charge is 0.459 e. The Bertz CT molecular complexity index is 606. The first-order valence-electron chi connectivity index (χ1n) is 10.8. The second kappa shape index (κ2) is 11.1. The van der Waals surface area contributed by atoms with Crippen LogP contribution >= 0.6 is 0 Å². The van der Waals surface area contributed by atoms with Crippen LogP contribution in [0.3, 0.4) is 0 Å². The van der Waals surface area contributed by atoms with Gasteiger partial charge in [0.25, 0.3) is 0 Å². The summed E-state index contributed by atoms with van der Waals surface area (Å²) in [5.41, 5.74) is 1.68. The molecular formula is C24H35NO2. The van der Waals surface area contributed by atoms with Gasteiger partial charge in [-0.3, -0.25) is 0 Å². The number of nitrogens with zero attached hydrogens (tertiary/aromatic N) is 1. The average Bonchev–Trinajstić information content (AvgIpc) is 2.70. The number of benzene rings is 1.